The number of oxazole rings is 1. The Hall–Kier alpha value is -1.94. The number of nitrogens with one attached hydrogen (secondary N) is 2. The first-order chi connectivity index (χ1) is 11.4. The van der Waals surface area contributed by atoms with Gasteiger partial charge in [-0.3, -0.25) is 4.98 Å². The van der Waals surface area contributed by atoms with E-state index < -0.39 is 15.8 Å². The number of hydrogen-bond acceptors (Lipinski definition) is 6. The van der Waals surface area contributed by atoms with Gasteiger partial charge in [0.15, 0.2) is 5.58 Å². The van der Waals surface area contributed by atoms with Crippen LogP contribution in [-0.4, -0.2) is 27.1 Å². The first-order valence-corrected chi connectivity index (χ1v) is 9.41. The maximum absolute atomic E-state index is 12.5. The summed E-state index contributed by atoms with van der Waals surface area (Å²) < 4.78 is 37.7. The summed E-state index contributed by atoms with van der Waals surface area (Å²) in [5, 5.41) is 0. The Balaban J connectivity index is 1.80. The monoisotopic (exact) mass is 368 g/mol. The highest BCUT2D eigenvalue weighted by Gasteiger charge is 2.20. The van der Waals surface area contributed by atoms with Gasteiger partial charge in [0.05, 0.1) is 10.4 Å². The van der Waals surface area contributed by atoms with Crippen LogP contribution in [-0.2, 0) is 14.8 Å². The Morgan fingerprint density at radius 2 is 2.12 bits per heavy atom. The van der Waals surface area contributed by atoms with E-state index in [4.69, 9.17) is 9.15 Å². The van der Waals surface area contributed by atoms with Crippen molar-refractivity contribution in [2.45, 2.75) is 17.9 Å². The van der Waals surface area contributed by atoms with Gasteiger partial charge in [-0.15, -0.1) is 11.3 Å². The van der Waals surface area contributed by atoms with E-state index in [1.165, 1.54) is 25.3 Å². The molecule has 0 radical (unpaired) electrons. The molecule has 0 spiro atoms. The van der Waals surface area contributed by atoms with Crippen LogP contribution in [0.2, 0.25) is 0 Å². The zero-order valence-corrected chi connectivity index (χ0v) is 14.7. The van der Waals surface area contributed by atoms with Gasteiger partial charge in [0, 0.05) is 23.4 Å². The first kappa shape index (κ1) is 16.9. The number of ether oxygens (including phenoxy) is 1. The van der Waals surface area contributed by atoms with Crippen LogP contribution >= 0.6 is 11.3 Å². The Labute approximate surface area is 142 Å². The van der Waals surface area contributed by atoms with Crippen molar-refractivity contribution in [1.29, 1.82) is 0 Å². The Bertz CT molecular complexity index is 1020. The number of rotatable bonds is 6. The van der Waals surface area contributed by atoms with Gasteiger partial charge in [-0.2, -0.15) is 0 Å². The molecule has 2 aromatic heterocycles. The van der Waals surface area contributed by atoms with Crippen LogP contribution in [0, 0.1) is 6.92 Å². The van der Waals surface area contributed by atoms with E-state index in [1.807, 2.05) is 19.1 Å². The van der Waals surface area contributed by atoms with Crippen molar-refractivity contribution in [3.8, 4) is 0 Å². The van der Waals surface area contributed by atoms with Crippen LogP contribution < -0.4 is 10.5 Å². The van der Waals surface area contributed by atoms with Crippen LogP contribution in [0.1, 0.15) is 15.9 Å². The number of thiophene rings is 1. The van der Waals surface area contributed by atoms with E-state index in [1.54, 1.807) is 11.3 Å². The second-order valence-electron chi connectivity index (χ2n) is 5.20. The molecule has 2 N–H and O–H groups in total. The quantitative estimate of drug-likeness (QED) is 0.694. The molecule has 7 nitrogen and oxygen atoms in total. The number of H-pyrrole nitrogens is 1. The predicted molar refractivity (Wildman–Crippen MR) is 90.8 cm³/mol. The van der Waals surface area contributed by atoms with Crippen molar-refractivity contribution in [2.24, 2.45) is 0 Å². The molecule has 0 aliphatic carbocycles. The average Bonchev–Trinajstić information content (AvgIpc) is 3.11. The molecule has 2 heterocycles. The van der Waals surface area contributed by atoms with Gasteiger partial charge in [0.2, 0.25) is 10.0 Å². The Kier molecular flexibility index (Phi) is 4.59. The van der Waals surface area contributed by atoms with Gasteiger partial charge in [0.25, 0.3) is 0 Å². The van der Waals surface area contributed by atoms with E-state index in [2.05, 4.69) is 9.71 Å². The number of aromatic nitrogens is 1. The van der Waals surface area contributed by atoms with Crippen molar-refractivity contribution >= 4 is 32.5 Å². The summed E-state index contributed by atoms with van der Waals surface area (Å²) >= 11 is 1.56. The van der Waals surface area contributed by atoms with Gasteiger partial charge in [-0.05, 0) is 37.3 Å². The molecule has 0 fully saturated rings. The maximum Gasteiger partial charge on any atom is 0.417 e. The summed E-state index contributed by atoms with van der Waals surface area (Å²) in [6.07, 6.45) is -0.365. The topological polar surface area (TPSA) is 101 Å². The minimum absolute atomic E-state index is 0.0456. The SMILES string of the molecule is COC(CNS(=O)(=O)c1ccc2oc(=O)[nH]c2c1)c1ccc(C)s1. The fourth-order valence-electron chi connectivity index (χ4n) is 2.29. The molecule has 1 unspecified atom stereocenters. The molecule has 3 rings (SSSR count). The van der Waals surface area contributed by atoms with Crippen molar-refractivity contribution in [3.63, 3.8) is 0 Å². The van der Waals surface area contributed by atoms with E-state index in [9.17, 15) is 13.2 Å². The highest BCUT2D eigenvalue weighted by molar-refractivity contribution is 7.89. The lowest BCUT2D eigenvalue weighted by atomic mass is 10.3. The van der Waals surface area contributed by atoms with Gasteiger partial charge in [0.1, 0.15) is 6.10 Å². The van der Waals surface area contributed by atoms with Crippen LogP contribution in [0.15, 0.2) is 44.4 Å². The minimum atomic E-state index is -3.74. The van der Waals surface area contributed by atoms with Crippen molar-refractivity contribution in [3.05, 3.63) is 50.6 Å². The minimum Gasteiger partial charge on any atom is -0.408 e. The van der Waals surface area contributed by atoms with Crippen LogP contribution in [0.5, 0.6) is 0 Å². The molecule has 9 heteroatoms. The van der Waals surface area contributed by atoms with Gasteiger partial charge in [-0.25, -0.2) is 17.9 Å². The lowest BCUT2D eigenvalue weighted by Crippen LogP contribution is -2.29. The van der Waals surface area contributed by atoms with E-state index in [-0.39, 0.29) is 17.5 Å². The molecular weight excluding hydrogens is 352 g/mol. The van der Waals surface area contributed by atoms with Crippen LogP contribution in [0.3, 0.4) is 0 Å². The fourth-order valence-corrected chi connectivity index (χ4v) is 4.31. The third kappa shape index (κ3) is 3.44. The molecular formula is C15H16N2O5S2. The fraction of sp³-hybridized carbons (Fsp3) is 0.267. The summed E-state index contributed by atoms with van der Waals surface area (Å²) in [5.41, 5.74) is 0.642. The molecule has 0 saturated carbocycles. The molecule has 0 saturated heterocycles. The second kappa shape index (κ2) is 6.52. The van der Waals surface area contributed by atoms with Crippen LogP contribution in [0.4, 0.5) is 0 Å². The molecule has 0 bridgehead atoms. The van der Waals surface area contributed by atoms with E-state index in [0.29, 0.717) is 11.1 Å². The Morgan fingerprint density at radius 1 is 1.33 bits per heavy atom. The van der Waals surface area contributed by atoms with Crippen molar-refractivity contribution in [1.82, 2.24) is 9.71 Å². The van der Waals surface area contributed by atoms with Crippen LogP contribution in [0.25, 0.3) is 11.1 Å². The molecule has 3 aromatic rings. The molecule has 0 aliphatic rings. The van der Waals surface area contributed by atoms with Crippen molar-refractivity contribution < 1.29 is 17.6 Å². The summed E-state index contributed by atoms with van der Waals surface area (Å²) in [5.74, 6) is -0.625. The third-order valence-electron chi connectivity index (χ3n) is 3.52. The zero-order chi connectivity index (χ0) is 17.3. The number of sulfonamides is 1. The summed E-state index contributed by atoms with van der Waals surface area (Å²) in [7, 11) is -2.20. The summed E-state index contributed by atoms with van der Waals surface area (Å²) in [6, 6.07) is 8.07. The lowest BCUT2D eigenvalue weighted by Gasteiger charge is -2.15. The molecule has 1 atom stereocenters. The van der Waals surface area contributed by atoms with E-state index >= 15 is 0 Å². The maximum atomic E-state index is 12.5. The lowest BCUT2D eigenvalue weighted by molar-refractivity contribution is 0.110. The van der Waals surface area contributed by atoms with E-state index in [0.717, 1.165) is 9.75 Å². The normalized spacial score (nSPS) is 13.4. The number of aromatic amines is 1. The van der Waals surface area contributed by atoms with Gasteiger partial charge >= 0.3 is 5.76 Å². The largest absolute Gasteiger partial charge is 0.417 e. The number of methoxy groups -OCH3 is 1. The first-order valence-electron chi connectivity index (χ1n) is 7.11. The van der Waals surface area contributed by atoms with Gasteiger partial charge in [-0.1, -0.05) is 0 Å². The third-order valence-corrected chi connectivity index (χ3v) is 6.04. The highest BCUT2D eigenvalue weighted by atomic mass is 32.2. The summed E-state index contributed by atoms with van der Waals surface area (Å²) in [4.78, 5) is 15.7. The zero-order valence-electron chi connectivity index (χ0n) is 13.0. The molecule has 1 aromatic carbocycles. The molecule has 0 aliphatic heterocycles. The van der Waals surface area contributed by atoms with Crippen molar-refractivity contribution in [2.75, 3.05) is 13.7 Å². The average molecular weight is 368 g/mol. The second-order valence-corrected chi connectivity index (χ2v) is 8.28. The molecule has 24 heavy (non-hydrogen) atoms. The number of hydrogen-bond donors (Lipinski definition) is 2. The van der Waals surface area contributed by atoms with Gasteiger partial charge < -0.3 is 9.15 Å². The molecule has 0 amide bonds. The smallest absolute Gasteiger partial charge is 0.408 e. The predicted octanol–water partition coefficient (Wildman–Crippen LogP) is 2.16. The summed E-state index contributed by atoms with van der Waals surface area (Å²) in [6.45, 7) is 2.09. The number of fused-ring (bicyclic) bond motifs is 1. The number of aryl methyl sites for hydroxylation is 1. The number of benzene rings is 1. The Morgan fingerprint density at radius 3 is 2.79 bits per heavy atom. The molecule has 128 valence electrons. The highest BCUT2D eigenvalue weighted by Crippen LogP contribution is 2.25. The standard InChI is InChI=1S/C15H16N2O5S2/c1-9-3-6-14(23-9)13(21-2)8-16-24(19,20)10-4-5-12-11(7-10)17-15(18)22-12/h3-7,13,16H,8H2,1-2H3,(H,17,18).